The first-order valence-corrected chi connectivity index (χ1v) is 10.2. The molecular formula is C23H23N5O4. The molecule has 1 aliphatic rings. The number of hydrogen-bond acceptors (Lipinski definition) is 4. The fourth-order valence-corrected chi connectivity index (χ4v) is 3.77. The van der Waals surface area contributed by atoms with Gasteiger partial charge in [-0.2, -0.15) is 0 Å². The van der Waals surface area contributed by atoms with Crippen molar-refractivity contribution in [2.24, 2.45) is 0 Å². The summed E-state index contributed by atoms with van der Waals surface area (Å²) in [7, 11) is 0. The Morgan fingerprint density at radius 2 is 1.78 bits per heavy atom. The molecule has 9 heteroatoms. The number of urea groups is 1. The summed E-state index contributed by atoms with van der Waals surface area (Å²) in [4.78, 5) is 53.0. The first-order chi connectivity index (χ1) is 15.4. The predicted molar refractivity (Wildman–Crippen MR) is 120 cm³/mol. The number of amides is 5. The fraction of sp³-hybridized carbons (Fsp3) is 0.217. The smallest absolute Gasteiger partial charge is 0.324 e. The highest BCUT2D eigenvalue weighted by atomic mass is 16.2. The van der Waals surface area contributed by atoms with E-state index in [1.807, 2.05) is 30.5 Å². The van der Waals surface area contributed by atoms with Crippen LogP contribution in [0.2, 0.25) is 0 Å². The van der Waals surface area contributed by atoms with Crippen LogP contribution in [0, 0.1) is 0 Å². The topological polar surface area (TPSA) is 123 Å². The Bertz CT molecular complexity index is 1200. The third-order valence-corrected chi connectivity index (χ3v) is 5.24. The minimum atomic E-state index is -0.913. The van der Waals surface area contributed by atoms with E-state index in [9.17, 15) is 19.2 Å². The van der Waals surface area contributed by atoms with Gasteiger partial charge in [-0.3, -0.25) is 19.3 Å². The van der Waals surface area contributed by atoms with Gasteiger partial charge in [0, 0.05) is 41.9 Å². The lowest BCUT2D eigenvalue weighted by atomic mass is 10.1. The lowest BCUT2D eigenvalue weighted by Crippen LogP contribution is -2.34. The molecule has 9 nitrogen and oxygen atoms in total. The molecule has 0 bridgehead atoms. The SMILES string of the molecule is CC(=O)Nc1cccc(NC(=O)CC2NC(=O)N(CCc3c[nH]c4ccccc34)C2=O)c1. The monoisotopic (exact) mass is 433 g/mol. The van der Waals surface area contributed by atoms with E-state index in [0.717, 1.165) is 21.4 Å². The van der Waals surface area contributed by atoms with Crippen molar-refractivity contribution >= 4 is 46.0 Å². The zero-order valence-electron chi connectivity index (χ0n) is 17.5. The number of fused-ring (bicyclic) bond motifs is 1. The summed E-state index contributed by atoms with van der Waals surface area (Å²) in [6.45, 7) is 1.62. The van der Waals surface area contributed by atoms with Gasteiger partial charge < -0.3 is 20.9 Å². The van der Waals surface area contributed by atoms with E-state index in [0.29, 0.717) is 17.8 Å². The molecule has 1 unspecified atom stereocenters. The average molecular weight is 433 g/mol. The predicted octanol–water partition coefficient (Wildman–Crippen LogP) is 2.62. The highest BCUT2D eigenvalue weighted by Gasteiger charge is 2.38. The average Bonchev–Trinajstić information content (AvgIpc) is 3.27. The lowest BCUT2D eigenvalue weighted by molar-refractivity contribution is -0.129. The second kappa shape index (κ2) is 8.93. The molecule has 4 N–H and O–H groups in total. The number of nitrogens with zero attached hydrogens (tertiary/aromatic N) is 1. The molecule has 2 aromatic carbocycles. The van der Waals surface area contributed by atoms with Gasteiger partial charge in [0.2, 0.25) is 11.8 Å². The number of aromatic amines is 1. The van der Waals surface area contributed by atoms with Gasteiger partial charge in [0.05, 0.1) is 6.42 Å². The Kier molecular flexibility index (Phi) is 5.89. The van der Waals surface area contributed by atoms with Crippen molar-refractivity contribution in [3.63, 3.8) is 0 Å². The normalized spacial score (nSPS) is 15.7. The van der Waals surface area contributed by atoms with Crippen molar-refractivity contribution in [3.05, 3.63) is 60.3 Å². The standard InChI is InChI=1S/C23H23N5O4/c1-14(29)25-16-5-4-6-17(11-16)26-21(30)12-20-22(31)28(23(32)27-20)10-9-15-13-24-19-8-3-2-7-18(15)19/h2-8,11,13,20,24H,9-10,12H2,1H3,(H,25,29)(H,26,30)(H,27,32). The molecule has 1 fully saturated rings. The van der Waals surface area contributed by atoms with Crippen LogP contribution >= 0.6 is 0 Å². The molecule has 3 aromatic rings. The van der Waals surface area contributed by atoms with Gasteiger partial charge in [-0.05, 0) is 36.2 Å². The zero-order valence-corrected chi connectivity index (χ0v) is 17.5. The van der Waals surface area contributed by atoms with Crippen LogP contribution < -0.4 is 16.0 Å². The van der Waals surface area contributed by atoms with E-state index in [4.69, 9.17) is 0 Å². The fourth-order valence-electron chi connectivity index (χ4n) is 3.77. The number of hydrogen-bond donors (Lipinski definition) is 4. The van der Waals surface area contributed by atoms with Crippen LogP contribution in [0.4, 0.5) is 16.2 Å². The third-order valence-electron chi connectivity index (χ3n) is 5.24. The maximum Gasteiger partial charge on any atom is 0.324 e. The van der Waals surface area contributed by atoms with E-state index < -0.39 is 23.9 Å². The summed E-state index contributed by atoms with van der Waals surface area (Å²) in [5, 5.41) is 8.97. The maximum atomic E-state index is 12.7. The summed E-state index contributed by atoms with van der Waals surface area (Å²) >= 11 is 0. The Morgan fingerprint density at radius 3 is 2.56 bits per heavy atom. The minimum absolute atomic E-state index is 0.182. The number of para-hydroxylation sites is 1. The number of aromatic nitrogens is 1. The van der Waals surface area contributed by atoms with Crippen LogP contribution in [0.15, 0.2) is 54.7 Å². The van der Waals surface area contributed by atoms with Gasteiger partial charge in [0.1, 0.15) is 6.04 Å². The van der Waals surface area contributed by atoms with Crippen LogP contribution in [0.1, 0.15) is 18.9 Å². The Morgan fingerprint density at radius 1 is 1.03 bits per heavy atom. The largest absolute Gasteiger partial charge is 0.361 e. The molecule has 0 spiro atoms. The third kappa shape index (κ3) is 4.61. The molecule has 0 saturated carbocycles. The molecule has 1 aromatic heterocycles. The van der Waals surface area contributed by atoms with Crippen molar-refractivity contribution in [1.82, 2.24) is 15.2 Å². The summed E-state index contributed by atoms with van der Waals surface area (Å²) < 4.78 is 0. The van der Waals surface area contributed by atoms with Gasteiger partial charge in [0.15, 0.2) is 0 Å². The second-order valence-corrected chi connectivity index (χ2v) is 7.62. The second-order valence-electron chi connectivity index (χ2n) is 7.62. The van der Waals surface area contributed by atoms with Crippen molar-refractivity contribution in [2.45, 2.75) is 25.8 Å². The van der Waals surface area contributed by atoms with E-state index in [1.54, 1.807) is 24.3 Å². The zero-order chi connectivity index (χ0) is 22.7. The number of imide groups is 1. The van der Waals surface area contributed by atoms with Crippen LogP contribution in [-0.4, -0.2) is 46.2 Å². The number of nitrogens with one attached hydrogen (secondary N) is 4. The molecule has 5 amide bonds. The number of benzene rings is 2. The van der Waals surface area contributed by atoms with Crippen molar-refractivity contribution < 1.29 is 19.2 Å². The maximum absolute atomic E-state index is 12.7. The Balaban J connectivity index is 1.34. The molecule has 32 heavy (non-hydrogen) atoms. The molecule has 1 saturated heterocycles. The molecule has 164 valence electrons. The van der Waals surface area contributed by atoms with Gasteiger partial charge in [-0.1, -0.05) is 24.3 Å². The molecule has 4 rings (SSSR count). The lowest BCUT2D eigenvalue weighted by Gasteiger charge is -2.13. The summed E-state index contributed by atoms with van der Waals surface area (Å²) in [6.07, 6.45) is 2.21. The molecule has 1 aliphatic heterocycles. The minimum Gasteiger partial charge on any atom is -0.361 e. The molecule has 0 aliphatic carbocycles. The Labute approximate surface area is 184 Å². The Hall–Kier alpha value is -4.14. The molecular weight excluding hydrogens is 410 g/mol. The number of anilines is 2. The number of rotatable bonds is 7. The van der Waals surface area contributed by atoms with Crippen molar-refractivity contribution in [3.8, 4) is 0 Å². The highest BCUT2D eigenvalue weighted by Crippen LogP contribution is 2.20. The van der Waals surface area contributed by atoms with Gasteiger partial charge >= 0.3 is 6.03 Å². The van der Waals surface area contributed by atoms with Gasteiger partial charge in [-0.15, -0.1) is 0 Å². The van der Waals surface area contributed by atoms with Crippen LogP contribution in [-0.2, 0) is 20.8 Å². The summed E-state index contributed by atoms with van der Waals surface area (Å²) in [5.41, 5.74) is 3.04. The van der Waals surface area contributed by atoms with E-state index in [2.05, 4.69) is 20.9 Å². The molecule has 2 heterocycles. The van der Waals surface area contributed by atoms with Crippen LogP contribution in [0.5, 0.6) is 0 Å². The summed E-state index contributed by atoms with van der Waals surface area (Å²) in [5.74, 6) is -1.06. The van der Waals surface area contributed by atoms with Crippen molar-refractivity contribution in [1.29, 1.82) is 0 Å². The van der Waals surface area contributed by atoms with Crippen molar-refractivity contribution in [2.75, 3.05) is 17.2 Å². The first-order valence-electron chi connectivity index (χ1n) is 10.2. The van der Waals surface area contributed by atoms with E-state index in [-0.39, 0.29) is 18.9 Å². The van der Waals surface area contributed by atoms with E-state index >= 15 is 0 Å². The molecule has 1 atom stereocenters. The summed E-state index contributed by atoms with van der Waals surface area (Å²) in [6, 6.07) is 13.1. The number of carbonyl (C=O) groups is 4. The van der Waals surface area contributed by atoms with Crippen LogP contribution in [0.3, 0.4) is 0 Å². The molecule has 0 radical (unpaired) electrons. The number of H-pyrrole nitrogens is 1. The first kappa shape index (κ1) is 21.1. The van der Waals surface area contributed by atoms with Gasteiger partial charge in [0.25, 0.3) is 5.91 Å². The van der Waals surface area contributed by atoms with Crippen LogP contribution in [0.25, 0.3) is 10.9 Å². The number of carbonyl (C=O) groups excluding carboxylic acids is 4. The quantitative estimate of drug-likeness (QED) is 0.428. The van der Waals surface area contributed by atoms with Gasteiger partial charge in [-0.25, -0.2) is 4.79 Å². The van der Waals surface area contributed by atoms with E-state index in [1.165, 1.54) is 6.92 Å². The highest BCUT2D eigenvalue weighted by molar-refractivity contribution is 6.07.